The maximum Gasteiger partial charge on any atom is 0.353 e. The lowest BCUT2D eigenvalue weighted by molar-refractivity contribution is -0.179. The molecule has 42 heavy (non-hydrogen) atoms. The van der Waals surface area contributed by atoms with Crippen LogP contribution in [-0.2, 0) is 38.3 Å². The van der Waals surface area contributed by atoms with Crippen molar-refractivity contribution in [2.24, 2.45) is 11.0 Å². The summed E-state index contributed by atoms with van der Waals surface area (Å²) in [6.07, 6.45) is 0. The number of nitrogens with one attached hydrogen (secondary N) is 1. The molecule has 0 saturated carbocycles. The van der Waals surface area contributed by atoms with Gasteiger partial charge in [-0.25, -0.2) is 20.4 Å². The summed E-state index contributed by atoms with van der Waals surface area (Å²) in [5.41, 5.74) is 2.88. The quantitative estimate of drug-likeness (QED) is 0.0479. The molecule has 3 atom stereocenters. The Morgan fingerprint density at radius 1 is 1.17 bits per heavy atom. The number of amides is 4. The van der Waals surface area contributed by atoms with Gasteiger partial charge in [-0.05, 0) is 34.6 Å². The topological polar surface area (TPSA) is 240 Å². The molecule has 1 aromatic heterocycles. The van der Waals surface area contributed by atoms with Crippen molar-refractivity contribution in [2.45, 2.75) is 62.1 Å². The summed E-state index contributed by atoms with van der Waals surface area (Å²) in [4.78, 5) is 85.8. The van der Waals surface area contributed by atoms with E-state index in [0.29, 0.717) is 5.01 Å². The molecule has 3 saturated heterocycles. The smallest absolute Gasteiger partial charge is 0.353 e. The number of nitrogens with zero attached hydrogens (tertiary/aromatic N) is 5. The van der Waals surface area contributed by atoms with Gasteiger partial charge in [0.1, 0.15) is 22.7 Å². The third kappa shape index (κ3) is 5.58. The number of aliphatic carboxylic acids is 1. The Balaban J connectivity index is 1.55. The molecule has 228 valence electrons. The largest absolute Gasteiger partial charge is 0.479 e. The molecular formula is C23H30N8O9S2. The van der Waals surface area contributed by atoms with Gasteiger partial charge < -0.3 is 35.5 Å². The summed E-state index contributed by atoms with van der Waals surface area (Å²) in [6.45, 7) is 7.11. The number of carboxylic acids is 1. The third-order valence-electron chi connectivity index (χ3n) is 6.39. The van der Waals surface area contributed by atoms with E-state index in [2.05, 4.69) is 15.5 Å². The fraction of sp³-hybridized carbons (Fsp3) is 0.565. The molecule has 4 amide bonds. The van der Waals surface area contributed by atoms with Crippen molar-refractivity contribution in [1.29, 1.82) is 0 Å². The van der Waals surface area contributed by atoms with Gasteiger partial charge in [0.2, 0.25) is 16.4 Å². The number of carbonyl (C=O) groups is 6. The number of anilines is 1. The number of nitrogens with two attached hydrogens (primary N) is 2. The van der Waals surface area contributed by atoms with Crippen LogP contribution in [0.1, 0.15) is 40.3 Å². The fourth-order valence-electron chi connectivity index (χ4n) is 4.21. The summed E-state index contributed by atoms with van der Waals surface area (Å²) >= 11 is 1.75. The molecule has 0 unspecified atom stereocenters. The van der Waals surface area contributed by atoms with Crippen LogP contribution >= 0.6 is 23.1 Å². The molecule has 0 radical (unpaired) electrons. The second-order valence-corrected chi connectivity index (χ2v) is 13.4. The van der Waals surface area contributed by atoms with Crippen LogP contribution in [0.3, 0.4) is 0 Å². The molecule has 4 heterocycles. The number of nitrogen functional groups attached to an aromatic ring is 1. The Morgan fingerprint density at radius 2 is 1.83 bits per heavy atom. The summed E-state index contributed by atoms with van der Waals surface area (Å²) in [5.74, 6) is -0.429. The van der Waals surface area contributed by atoms with E-state index in [4.69, 9.17) is 21.2 Å². The number of carbonyl (C=O) groups excluding carboxylic acids is 5. The van der Waals surface area contributed by atoms with Crippen LogP contribution in [0.5, 0.6) is 0 Å². The van der Waals surface area contributed by atoms with Gasteiger partial charge >= 0.3 is 23.8 Å². The number of carboxylic acid groups (broad SMARTS) is 1. The van der Waals surface area contributed by atoms with Crippen LogP contribution in [-0.4, -0.2) is 113 Å². The molecule has 17 nitrogen and oxygen atoms in total. The molecule has 19 heteroatoms. The number of piperazine rings is 1. The lowest BCUT2D eigenvalue weighted by Crippen LogP contribution is -2.69. The van der Waals surface area contributed by atoms with E-state index in [0.717, 1.165) is 28.0 Å². The third-order valence-corrected chi connectivity index (χ3v) is 8.74. The molecule has 3 aliphatic rings. The highest BCUT2D eigenvalue weighted by molar-refractivity contribution is 8.02. The van der Waals surface area contributed by atoms with Crippen LogP contribution in [0.15, 0.2) is 10.5 Å². The van der Waals surface area contributed by atoms with E-state index in [1.807, 2.05) is 0 Å². The SMILES string of the molecule is CC(C)(C)OC(=O)C(C)(C)O/N=C(\C(=O)N[C@@H]1C(=O)N2C[C@@](C(=O)O)(N3CCN(N)C(=O)C3=O)S[C@H]12)c1csc(N)n1. The lowest BCUT2D eigenvalue weighted by Gasteiger charge is -2.41. The normalized spacial score (nSPS) is 24.8. The number of hydrogen-bond acceptors (Lipinski definition) is 14. The van der Waals surface area contributed by atoms with Crippen LogP contribution in [0.4, 0.5) is 5.13 Å². The van der Waals surface area contributed by atoms with E-state index in [1.165, 1.54) is 24.1 Å². The van der Waals surface area contributed by atoms with E-state index in [9.17, 15) is 33.9 Å². The molecule has 6 N–H and O–H groups in total. The molecule has 0 aromatic carbocycles. The Morgan fingerprint density at radius 3 is 2.40 bits per heavy atom. The summed E-state index contributed by atoms with van der Waals surface area (Å²) in [5, 5.41) is 17.8. The van der Waals surface area contributed by atoms with Crippen molar-refractivity contribution in [3.05, 3.63) is 11.1 Å². The predicted molar refractivity (Wildman–Crippen MR) is 147 cm³/mol. The van der Waals surface area contributed by atoms with Crippen LogP contribution in [0.2, 0.25) is 0 Å². The van der Waals surface area contributed by atoms with Gasteiger partial charge in [0.05, 0.1) is 13.1 Å². The van der Waals surface area contributed by atoms with Gasteiger partial charge in [0.25, 0.3) is 5.91 Å². The number of β-lactam (4-membered cyclic amide) rings is 1. The minimum absolute atomic E-state index is 0.00124. The summed E-state index contributed by atoms with van der Waals surface area (Å²) in [7, 11) is 0. The van der Waals surface area contributed by atoms with Crippen LogP contribution in [0.25, 0.3) is 0 Å². The van der Waals surface area contributed by atoms with Crippen molar-refractivity contribution in [3.8, 4) is 0 Å². The molecule has 1 aromatic rings. The zero-order chi connectivity index (χ0) is 31.4. The maximum absolute atomic E-state index is 13.4. The first-order chi connectivity index (χ1) is 19.4. The number of oxime groups is 1. The van der Waals surface area contributed by atoms with Crippen molar-refractivity contribution in [3.63, 3.8) is 0 Å². The zero-order valence-electron chi connectivity index (χ0n) is 23.3. The Kier molecular flexibility index (Phi) is 7.89. The molecular weight excluding hydrogens is 596 g/mol. The van der Waals surface area contributed by atoms with E-state index < -0.39 is 75.3 Å². The van der Waals surface area contributed by atoms with Gasteiger partial charge in [-0.3, -0.25) is 24.2 Å². The van der Waals surface area contributed by atoms with Gasteiger partial charge in [0.15, 0.2) is 10.8 Å². The standard InChI is InChI=1S/C23H30N8O9S2/c1-21(2,3)39-19(38)22(4,5)40-28-11(10-8-41-20(24)26-10)13(32)27-12-14(33)29-9-23(18(36)37,42-17(12)29)30-6-7-31(25)16(35)15(30)34/h8,12,17H,6-7,9,25H2,1-5H3,(H2,24,26)(H,27,32)(H,36,37)/b28-11-/t12-,17-,23-/m1/s1. The first kappa shape index (κ1) is 31.0. The lowest BCUT2D eigenvalue weighted by atomic mass is 10.0. The van der Waals surface area contributed by atoms with E-state index in [1.54, 1.807) is 20.8 Å². The molecule has 0 bridgehead atoms. The molecule has 4 rings (SSSR count). The average molecular weight is 627 g/mol. The van der Waals surface area contributed by atoms with Gasteiger partial charge in [0, 0.05) is 11.9 Å². The molecule has 0 aliphatic carbocycles. The molecule has 0 spiro atoms. The fourth-order valence-corrected chi connectivity index (χ4v) is 6.40. The number of ether oxygens (including phenoxy) is 1. The average Bonchev–Trinajstić information content (AvgIpc) is 3.47. The minimum Gasteiger partial charge on any atom is -0.479 e. The Hall–Kier alpha value is -3.97. The predicted octanol–water partition coefficient (Wildman–Crippen LogP) is -1.71. The van der Waals surface area contributed by atoms with Gasteiger partial charge in [-0.15, -0.1) is 11.3 Å². The van der Waals surface area contributed by atoms with Crippen molar-refractivity contribution >= 4 is 69.5 Å². The number of thiazole rings is 1. The highest BCUT2D eigenvalue weighted by Gasteiger charge is 2.66. The molecule has 3 fully saturated rings. The Bertz CT molecular complexity index is 1390. The van der Waals surface area contributed by atoms with Crippen molar-refractivity contribution < 1.29 is 43.4 Å². The first-order valence-corrected chi connectivity index (χ1v) is 14.3. The number of rotatable bonds is 8. The van der Waals surface area contributed by atoms with Gasteiger partial charge in [-0.1, -0.05) is 16.9 Å². The highest BCUT2D eigenvalue weighted by Crippen LogP contribution is 2.49. The monoisotopic (exact) mass is 626 g/mol. The minimum atomic E-state index is -1.98. The number of aromatic nitrogens is 1. The van der Waals surface area contributed by atoms with E-state index in [-0.39, 0.29) is 23.9 Å². The number of hydrogen-bond donors (Lipinski definition) is 4. The number of fused-ring (bicyclic) bond motifs is 1. The van der Waals surface area contributed by atoms with E-state index >= 15 is 0 Å². The van der Waals surface area contributed by atoms with Crippen molar-refractivity contribution in [2.75, 3.05) is 25.4 Å². The zero-order valence-corrected chi connectivity index (χ0v) is 24.9. The highest BCUT2D eigenvalue weighted by atomic mass is 32.2. The van der Waals surface area contributed by atoms with Crippen molar-refractivity contribution in [1.82, 2.24) is 25.1 Å². The summed E-state index contributed by atoms with van der Waals surface area (Å²) in [6, 6.07) is -1.22. The first-order valence-electron chi connectivity index (χ1n) is 12.5. The molecule has 3 aliphatic heterocycles. The second-order valence-electron chi connectivity index (χ2n) is 11.1. The van der Waals surface area contributed by atoms with Crippen LogP contribution in [0, 0.1) is 0 Å². The second kappa shape index (κ2) is 10.7. The number of esters is 1. The van der Waals surface area contributed by atoms with Gasteiger partial charge in [-0.2, -0.15) is 0 Å². The number of thioether (sulfide) groups is 1. The number of hydrazine groups is 1. The maximum atomic E-state index is 13.4. The Labute approximate surface area is 247 Å². The summed E-state index contributed by atoms with van der Waals surface area (Å²) < 4.78 is 5.34. The van der Waals surface area contributed by atoms with Crippen LogP contribution < -0.4 is 16.9 Å².